The summed E-state index contributed by atoms with van der Waals surface area (Å²) in [4.78, 5) is 24.4. The predicted molar refractivity (Wildman–Crippen MR) is 68.6 cm³/mol. The highest BCUT2D eigenvalue weighted by Gasteiger charge is 2.34. The molecule has 1 fully saturated rings. The average molecular weight is 268 g/mol. The van der Waals surface area contributed by atoms with E-state index in [9.17, 15) is 9.59 Å². The molecule has 0 aliphatic carbocycles. The molecule has 2 heterocycles. The van der Waals surface area contributed by atoms with Gasteiger partial charge in [0.1, 0.15) is 6.04 Å². The minimum atomic E-state index is -0.925. The topological polar surface area (TPSA) is 69.6 Å². The van der Waals surface area contributed by atoms with Crippen molar-refractivity contribution in [1.82, 2.24) is 10.2 Å². The van der Waals surface area contributed by atoms with Gasteiger partial charge in [0.05, 0.1) is 6.04 Å². The van der Waals surface area contributed by atoms with Crippen LogP contribution in [-0.2, 0) is 4.79 Å². The number of carboxylic acid groups (broad SMARTS) is 1. The van der Waals surface area contributed by atoms with Gasteiger partial charge >= 0.3 is 12.0 Å². The summed E-state index contributed by atoms with van der Waals surface area (Å²) in [5.74, 6) is -0.925. The number of hydrogen-bond donors (Lipinski definition) is 2. The van der Waals surface area contributed by atoms with Crippen LogP contribution in [0.2, 0.25) is 0 Å². The molecule has 1 aromatic rings. The van der Waals surface area contributed by atoms with E-state index in [1.807, 2.05) is 23.8 Å². The van der Waals surface area contributed by atoms with E-state index in [1.165, 1.54) is 4.90 Å². The Balaban J connectivity index is 1.97. The number of likely N-dealkylation sites (tertiary alicyclic amines) is 1. The highest BCUT2D eigenvalue weighted by molar-refractivity contribution is 7.07. The molecule has 2 atom stereocenters. The molecule has 1 saturated heterocycles. The van der Waals surface area contributed by atoms with Crippen LogP contribution in [-0.4, -0.2) is 34.6 Å². The van der Waals surface area contributed by atoms with Gasteiger partial charge in [0.2, 0.25) is 0 Å². The summed E-state index contributed by atoms with van der Waals surface area (Å²) in [7, 11) is 0. The van der Waals surface area contributed by atoms with Gasteiger partial charge in [-0.05, 0) is 42.2 Å². The fourth-order valence-corrected chi connectivity index (χ4v) is 2.89. The van der Waals surface area contributed by atoms with Crippen LogP contribution in [0.25, 0.3) is 0 Å². The number of nitrogens with zero attached hydrogens (tertiary/aromatic N) is 1. The molecule has 1 aliphatic rings. The quantitative estimate of drug-likeness (QED) is 0.881. The molecule has 0 bridgehead atoms. The van der Waals surface area contributed by atoms with Crippen molar-refractivity contribution in [3.05, 3.63) is 22.4 Å². The second-order valence-corrected chi connectivity index (χ2v) is 5.20. The van der Waals surface area contributed by atoms with E-state index in [2.05, 4.69) is 5.32 Å². The van der Waals surface area contributed by atoms with Crippen LogP contribution in [0.3, 0.4) is 0 Å². The van der Waals surface area contributed by atoms with Crippen molar-refractivity contribution >= 4 is 23.3 Å². The highest BCUT2D eigenvalue weighted by Crippen LogP contribution is 2.20. The molecule has 2 amide bonds. The lowest BCUT2D eigenvalue weighted by Crippen LogP contribution is -2.46. The van der Waals surface area contributed by atoms with Gasteiger partial charge < -0.3 is 15.3 Å². The number of rotatable bonds is 3. The minimum Gasteiger partial charge on any atom is -0.480 e. The Labute approximate surface area is 109 Å². The predicted octanol–water partition coefficient (Wildman–Crippen LogP) is 2.07. The summed E-state index contributed by atoms with van der Waals surface area (Å²) in [6.07, 6.45) is 1.28. The molecule has 1 aliphatic heterocycles. The van der Waals surface area contributed by atoms with Gasteiger partial charge in [0.25, 0.3) is 0 Å². The number of urea groups is 1. The summed E-state index contributed by atoms with van der Waals surface area (Å²) in [5.41, 5.74) is 1.04. The number of amides is 2. The smallest absolute Gasteiger partial charge is 0.326 e. The van der Waals surface area contributed by atoms with Gasteiger partial charge in [-0.3, -0.25) is 0 Å². The number of carbonyl (C=O) groups excluding carboxylic acids is 1. The Hall–Kier alpha value is -1.56. The summed E-state index contributed by atoms with van der Waals surface area (Å²) >= 11 is 1.57. The summed E-state index contributed by atoms with van der Waals surface area (Å²) in [6.45, 7) is 2.41. The maximum atomic E-state index is 12.0. The van der Waals surface area contributed by atoms with Crippen molar-refractivity contribution in [3.8, 4) is 0 Å². The molecule has 98 valence electrons. The van der Waals surface area contributed by atoms with Crippen LogP contribution in [0.5, 0.6) is 0 Å². The molecule has 18 heavy (non-hydrogen) atoms. The zero-order chi connectivity index (χ0) is 13.1. The standard InChI is InChI=1S/C12H16N2O3S/c1-8(9-4-6-18-7-9)13-12(17)14-5-2-3-10(14)11(15)16/h4,6-8,10H,2-3,5H2,1H3,(H,13,17)(H,15,16)/t8?,10-/m0/s1. The van der Waals surface area contributed by atoms with E-state index in [0.717, 1.165) is 12.0 Å². The van der Waals surface area contributed by atoms with Crippen LogP contribution in [0.4, 0.5) is 4.79 Å². The molecule has 0 spiro atoms. The number of aliphatic carboxylic acids is 1. The molecule has 2 N–H and O–H groups in total. The monoisotopic (exact) mass is 268 g/mol. The maximum Gasteiger partial charge on any atom is 0.326 e. The van der Waals surface area contributed by atoms with E-state index >= 15 is 0 Å². The van der Waals surface area contributed by atoms with E-state index < -0.39 is 12.0 Å². The third kappa shape index (κ3) is 2.64. The third-order valence-corrected chi connectivity index (χ3v) is 3.88. The summed E-state index contributed by atoms with van der Waals surface area (Å²) in [6, 6.07) is 0.880. The van der Waals surface area contributed by atoms with Crippen LogP contribution < -0.4 is 5.32 Å². The second kappa shape index (κ2) is 5.39. The van der Waals surface area contributed by atoms with Gasteiger partial charge in [-0.25, -0.2) is 9.59 Å². The molecule has 0 radical (unpaired) electrons. The molecule has 2 rings (SSSR count). The van der Waals surface area contributed by atoms with Crippen molar-refractivity contribution < 1.29 is 14.7 Å². The van der Waals surface area contributed by atoms with Gasteiger partial charge in [0, 0.05) is 6.54 Å². The molecule has 0 aromatic carbocycles. The fourth-order valence-electron chi connectivity index (χ4n) is 2.14. The van der Waals surface area contributed by atoms with Gasteiger partial charge in [-0.2, -0.15) is 11.3 Å². The van der Waals surface area contributed by atoms with Crippen LogP contribution in [0.1, 0.15) is 31.4 Å². The average Bonchev–Trinajstić information content (AvgIpc) is 3.00. The molecule has 1 unspecified atom stereocenters. The van der Waals surface area contributed by atoms with Crippen molar-refractivity contribution in [2.45, 2.75) is 31.8 Å². The third-order valence-electron chi connectivity index (χ3n) is 3.18. The molecule has 6 heteroatoms. The van der Waals surface area contributed by atoms with Crippen LogP contribution in [0.15, 0.2) is 16.8 Å². The number of nitrogens with one attached hydrogen (secondary N) is 1. The van der Waals surface area contributed by atoms with Crippen LogP contribution in [0, 0.1) is 0 Å². The van der Waals surface area contributed by atoms with Gasteiger partial charge in [0.15, 0.2) is 0 Å². The molecule has 5 nitrogen and oxygen atoms in total. The zero-order valence-electron chi connectivity index (χ0n) is 10.1. The minimum absolute atomic E-state index is 0.0983. The first kappa shape index (κ1) is 12.9. The first-order valence-electron chi connectivity index (χ1n) is 5.91. The molecule has 1 aromatic heterocycles. The number of carboxylic acids is 1. The highest BCUT2D eigenvalue weighted by atomic mass is 32.1. The number of hydrogen-bond acceptors (Lipinski definition) is 3. The maximum absolute atomic E-state index is 12.0. The Morgan fingerprint density at radius 3 is 3.00 bits per heavy atom. The number of carbonyl (C=O) groups is 2. The first-order chi connectivity index (χ1) is 8.59. The molecular weight excluding hydrogens is 252 g/mol. The van der Waals surface area contributed by atoms with Crippen molar-refractivity contribution in [2.24, 2.45) is 0 Å². The normalized spacial score (nSPS) is 20.7. The summed E-state index contributed by atoms with van der Waals surface area (Å²) < 4.78 is 0. The van der Waals surface area contributed by atoms with Crippen molar-refractivity contribution in [1.29, 1.82) is 0 Å². The Kier molecular flexibility index (Phi) is 3.86. The molecule has 0 saturated carbocycles. The largest absolute Gasteiger partial charge is 0.480 e. The van der Waals surface area contributed by atoms with Crippen molar-refractivity contribution in [2.75, 3.05) is 6.54 Å². The second-order valence-electron chi connectivity index (χ2n) is 4.42. The van der Waals surface area contributed by atoms with E-state index in [0.29, 0.717) is 13.0 Å². The first-order valence-corrected chi connectivity index (χ1v) is 6.86. The molecular formula is C12H16N2O3S. The van der Waals surface area contributed by atoms with Gasteiger partial charge in [-0.1, -0.05) is 0 Å². The van der Waals surface area contributed by atoms with Gasteiger partial charge in [-0.15, -0.1) is 0 Å². The van der Waals surface area contributed by atoms with Crippen molar-refractivity contribution in [3.63, 3.8) is 0 Å². The lowest BCUT2D eigenvalue weighted by molar-refractivity contribution is -0.141. The van der Waals surface area contributed by atoms with Crippen LogP contribution >= 0.6 is 11.3 Å². The summed E-state index contributed by atoms with van der Waals surface area (Å²) in [5, 5.41) is 15.8. The Morgan fingerprint density at radius 2 is 2.39 bits per heavy atom. The van der Waals surface area contributed by atoms with E-state index in [4.69, 9.17) is 5.11 Å². The fraction of sp³-hybridized carbons (Fsp3) is 0.500. The SMILES string of the molecule is CC(NC(=O)N1CCC[C@H]1C(=O)O)c1ccsc1. The lowest BCUT2D eigenvalue weighted by Gasteiger charge is -2.24. The van der Waals surface area contributed by atoms with E-state index in [1.54, 1.807) is 11.3 Å². The number of thiophene rings is 1. The van der Waals surface area contributed by atoms with E-state index in [-0.39, 0.29) is 12.1 Å². The Morgan fingerprint density at radius 1 is 1.61 bits per heavy atom. The Bertz CT molecular complexity index is 433. The zero-order valence-corrected chi connectivity index (χ0v) is 10.9. The lowest BCUT2D eigenvalue weighted by atomic mass is 10.2.